The average molecular weight is 282 g/mol. The summed E-state index contributed by atoms with van der Waals surface area (Å²) in [5, 5.41) is 2.13. The Hall–Kier alpha value is -0.520. The minimum atomic E-state index is 0.0205. The predicted octanol–water partition coefficient (Wildman–Crippen LogP) is 2.03. The number of likely N-dealkylation sites (tertiary alicyclic amines) is 1. The first kappa shape index (κ1) is 12.5. The van der Waals surface area contributed by atoms with Crippen LogP contribution in [0.1, 0.15) is 28.5 Å². The number of nitrogens with zero attached hydrogens (tertiary/aromatic N) is 1. The first-order valence-corrected chi connectivity index (χ1v) is 8.42. The van der Waals surface area contributed by atoms with Gasteiger partial charge in [-0.25, -0.2) is 0 Å². The van der Waals surface area contributed by atoms with Gasteiger partial charge in [-0.2, -0.15) is 0 Å². The lowest BCUT2D eigenvalue weighted by Gasteiger charge is -2.30. The smallest absolute Gasteiger partial charge is 0.240 e. The molecule has 98 valence electrons. The van der Waals surface area contributed by atoms with E-state index in [0.717, 1.165) is 31.6 Å². The highest BCUT2D eigenvalue weighted by Gasteiger charge is 2.35. The molecule has 3 nitrogen and oxygen atoms in total. The van der Waals surface area contributed by atoms with Crippen molar-refractivity contribution in [3.63, 3.8) is 0 Å². The summed E-state index contributed by atoms with van der Waals surface area (Å²) in [5.74, 6) is 1.35. The van der Waals surface area contributed by atoms with E-state index in [1.165, 1.54) is 10.4 Å². The number of amides is 1. The van der Waals surface area contributed by atoms with E-state index in [2.05, 4.69) is 11.4 Å². The van der Waals surface area contributed by atoms with Gasteiger partial charge < -0.3 is 10.6 Å². The molecule has 0 spiro atoms. The van der Waals surface area contributed by atoms with E-state index >= 15 is 0 Å². The van der Waals surface area contributed by atoms with Gasteiger partial charge in [-0.3, -0.25) is 4.79 Å². The Morgan fingerprint density at radius 1 is 1.56 bits per heavy atom. The fourth-order valence-corrected chi connectivity index (χ4v) is 5.23. The van der Waals surface area contributed by atoms with Crippen LogP contribution in [0.15, 0.2) is 11.4 Å². The number of rotatable bonds is 2. The highest BCUT2D eigenvalue weighted by Crippen LogP contribution is 2.41. The minimum Gasteiger partial charge on any atom is -0.337 e. The zero-order valence-electron chi connectivity index (χ0n) is 10.3. The van der Waals surface area contributed by atoms with E-state index in [-0.39, 0.29) is 17.2 Å². The second kappa shape index (κ2) is 5.23. The molecule has 2 N–H and O–H groups in total. The lowest BCUT2D eigenvalue weighted by Crippen LogP contribution is -2.42. The standard InChI is InChI=1S/C13H18N2OS2/c14-8-9-2-1-5-15(9)13(16)12-10-3-6-17-11(10)4-7-18-12/h3,6,9,12H,1-2,4-5,7-8,14H2. The van der Waals surface area contributed by atoms with Crippen molar-refractivity contribution >= 4 is 29.0 Å². The van der Waals surface area contributed by atoms with Gasteiger partial charge in [0, 0.05) is 24.0 Å². The van der Waals surface area contributed by atoms with Crippen molar-refractivity contribution in [3.05, 3.63) is 21.9 Å². The monoisotopic (exact) mass is 282 g/mol. The maximum Gasteiger partial charge on any atom is 0.240 e. The number of carbonyl (C=O) groups excluding carboxylic acids is 1. The van der Waals surface area contributed by atoms with Gasteiger partial charge in [0.15, 0.2) is 0 Å². The molecule has 1 aromatic rings. The third-order valence-electron chi connectivity index (χ3n) is 3.83. The maximum atomic E-state index is 12.7. The van der Waals surface area contributed by atoms with Gasteiger partial charge in [-0.05, 0) is 42.0 Å². The van der Waals surface area contributed by atoms with Gasteiger partial charge in [0.2, 0.25) is 5.91 Å². The lowest BCUT2D eigenvalue weighted by atomic mass is 10.1. The molecular weight excluding hydrogens is 264 g/mol. The lowest BCUT2D eigenvalue weighted by molar-refractivity contribution is -0.131. The molecule has 0 radical (unpaired) electrons. The average Bonchev–Trinajstić information content (AvgIpc) is 3.05. The third-order valence-corrected chi connectivity index (χ3v) is 6.06. The van der Waals surface area contributed by atoms with Crippen LogP contribution in [0.3, 0.4) is 0 Å². The number of hydrogen-bond acceptors (Lipinski definition) is 4. The summed E-state index contributed by atoms with van der Waals surface area (Å²) in [6, 6.07) is 2.39. The number of aryl methyl sites for hydroxylation is 1. The van der Waals surface area contributed by atoms with E-state index in [9.17, 15) is 4.79 Å². The van der Waals surface area contributed by atoms with Crippen LogP contribution < -0.4 is 5.73 Å². The van der Waals surface area contributed by atoms with E-state index in [4.69, 9.17) is 5.73 Å². The number of fused-ring (bicyclic) bond motifs is 1. The third kappa shape index (κ3) is 2.08. The van der Waals surface area contributed by atoms with Crippen LogP contribution in [0.25, 0.3) is 0 Å². The molecule has 0 aliphatic carbocycles. The molecule has 3 rings (SSSR count). The van der Waals surface area contributed by atoms with E-state index in [1.54, 1.807) is 23.1 Å². The second-order valence-corrected chi connectivity index (χ2v) is 7.08. The largest absolute Gasteiger partial charge is 0.337 e. The Kier molecular flexibility index (Phi) is 3.63. The summed E-state index contributed by atoms with van der Waals surface area (Å²) in [5.41, 5.74) is 7.02. The molecular formula is C13H18N2OS2. The Morgan fingerprint density at radius 3 is 3.28 bits per heavy atom. The van der Waals surface area contributed by atoms with Crippen LogP contribution >= 0.6 is 23.1 Å². The topological polar surface area (TPSA) is 46.3 Å². The summed E-state index contributed by atoms with van der Waals surface area (Å²) in [4.78, 5) is 16.1. The van der Waals surface area contributed by atoms with E-state index < -0.39 is 0 Å². The molecule has 1 saturated heterocycles. The summed E-state index contributed by atoms with van der Waals surface area (Å²) in [6.45, 7) is 1.48. The van der Waals surface area contributed by atoms with Crippen LogP contribution in [0.2, 0.25) is 0 Å². The Balaban J connectivity index is 1.82. The van der Waals surface area contributed by atoms with Crippen molar-refractivity contribution in [1.29, 1.82) is 0 Å². The van der Waals surface area contributed by atoms with E-state index in [0.29, 0.717) is 6.54 Å². The Labute approximate surface area is 116 Å². The number of nitrogens with two attached hydrogens (primary N) is 1. The van der Waals surface area contributed by atoms with Crippen molar-refractivity contribution < 1.29 is 4.79 Å². The summed E-state index contributed by atoms with van der Waals surface area (Å²) >= 11 is 3.58. The molecule has 1 amide bonds. The molecule has 18 heavy (non-hydrogen) atoms. The molecule has 2 atom stereocenters. The van der Waals surface area contributed by atoms with Gasteiger partial charge in [0.25, 0.3) is 0 Å². The maximum absolute atomic E-state index is 12.7. The van der Waals surface area contributed by atoms with Gasteiger partial charge in [0.05, 0.1) is 0 Å². The Bertz CT molecular complexity index is 446. The second-order valence-electron chi connectivity index (χ2n) is 4.86. The number of thiophene rings is 1. The normalized spacial score (nSPS) is 27.3. The summed E-state index contributed by atoms with van der Waals surface area (Å²) in [6.07, 6.45) is 3.28. The fourth-order valence-electron chi connectivity index (χ4n) is 2.87. The van der Waals surface area contributed by atoms with Crippen LogP contribution in [0.4, 0.5) is 0 Å². The predicted molar refractivity (Wildman–Crippen MR) is 77.0 cm³/mol. The van der Waals surface area contributed by atoms with Crippen molar-refractivity contribution in [2.24, 2.45) is 5.73 Å². The number of thioether (sulfide) groups is 1. The molecule has 0 saturated carbocycles. The molecule has 2 unspecified atom stereocenters. The van der Waals surface area contributed by atoms with Crippen LogP contribution in [-0.2, 0) is 11.2 Å². The quantitative estimate of drug-likeness (QED) is 0.903. The van der Waals surface area contributed by atoms with E-state index in [1.807, 2.05) is 4.90 Å². The minimum absolute atomic E-state index is 0.0205. The van der Waals surface area contributed by atoms with Gasteiger partial charge in [-0.15, -0.1) is 23.1 Å². The van der Waals surface area contributed by atoms with Crippen LogP contribution in [-0.4, -0.2) is 35.7 Å². The molecule has 2 aliphatic heterocycles. The molecule has 1 fully saturated rings. The summed E-state index contributed by atoms with van der Waals surface area (Å²) in [7, 11) is 0. The van der Waals surface area contributed by atoms with Gasteiger partial charge in [0.1, 0.15) is 5.25 Å². The molecule has 0 aromatic carbocycles. The van der Waals surface area contributed by atoms with Gasteiger partial charge in [-0.1, -0.05) is 0 Å². The highest BCUT2D eigenvalue weighted by molar-refractivity contribution is 8.00. The first-order valence-electron chi connectivity index (χ1n) is 6.49. The van der Waals surface area contributed by atoms with Crippen molar-refractivity contribution in [2.75, 3.05) is 18.8 Å². The van der Waals surface area contributed by atoms with Crippen molar-refractivity contribution in [1.82, 2.24) is 4.90 Å². The molecule has 0 bridgehead atoms. The molecule has 5 heteroatoms. The molecule has 3 heterocycles. The highest BCUT2D eigenvalue weighted by atomic mass is 32.2. The van der Waals surface area contributed by atoms with Crippen LogP contribution in [0, 0.1) is 0 Å². The van der Waals surface area contributed by atoms with Crippen LogP contribution in [0.5, 0.6) is 0 Å². The molecule has 1 aromatic heterocycles. The van der Waals surface area contributed by atoms with Crippen molar-refractivity contribution in [3.8, 4) is 0 Å². The molecule has 2 aliphatic rings. The number of carbonyl (C=O) groups is 1. The zero-order valence-corrected chi connectivity index (χ0v) is 11.9. The van der Waals surface area contributed by atoms with Gasteiger partial charge >= 0.3 is 0 Å². The SMILES string of the molecule is NCC1CCCN1C(=O)C1SCCc2sccc21. The first-order chi connectivity index (χ1) is 8.81. The fraction of sp³-hybridized carbons (Fsp3) is 0.615. The van der Waals surface area contributed by atoms with Crippen molar-refractivity contribution in [2.45, 2.75) is 30.6 Å². The number of hydrogen-bond donors (Lipinski definition) is 1. The summed E-state index contributed by atoms with van der Waals surface area (Å²) < 4.78 is 0. The zero-order chi connectivity index (χ0) is 12.5. The Morgan fingerprint density at radius 2 is 2.44 bits per heavy atom.